The molecule has 0 amide bonds. The van der Waals surface area contributed by atoms with E-state index in [1.165, 1.54) is 12.3 Å². The molecule has 3 rings (SSSR count). The molecule has 0 radical (unpaired) electrons. The second-order valence-electron chi connectivity index (χ2n) is 3.50. The molecule has 0 saturated carbocycles. The first kappa shape index (κ1) is 10.6. The lowest BCUT2D eigenvalue weighted by Gasteiger charge is -1.99. The summed E-state index contributed by atoms with van der Waals surface area (Å²) in [5, 5.41) is 2.38. The zero-order valence-electron chi connectivity index (χ0n) is 8.52. The molecule has 5 heteroatoms. The third-order valence-corrected chi connectivity index (χ3v) is 3.57. The van der Waals surface area contributed by atoms with Gasteiger partial charge in [0.2, 0.25) is 5.95 Å². The molecule has 17 heavy (non-hydrogen) atoms. The van der Waals surface area contributed by atoms with Crippen molar-refractivity contribution in [3.05, 3.63) is 46.9 Å². The first-order valence-electron chi connectivity index (χ1n) is 4.90. The zero-order valence-corrected chi connectivity index (χ0v) is 10.1. The van der Waals surface area contributed by atoms with Gasteiger partial charge in [0.1, 0.15) is 5.15 Å². The molecule has 0 fully saturated rings. The summed E-state index contributed by atoms with van der Waals surface area (Å²) in [7, 11) is 0. The lowest BCUT2D eigenvalue weighted by Crippen LogP contribution is -1.84. The fraction of sp³-hybridized carbons (Fsp3) is 0. The van der Waals surface area contributed by atoms with E-state index in [0.717, 1.165) is 21.3 Å². The van der Waals surface area contributed by atoms with Crippen LogP contribution in [-0.2, 0) is 0 Å². The van der Waals surface area contributed by atoms with Gasteiger partial charge in [0.25, 0.3) is 0 Å². The van der Waals surface area contributed by atoms with Crippen LogP contribution in [0.3, 0.4) is 0 Å². The number of hydrogen-bond donors (Lipinski definition) is 0. The highest BCUT2D eigenvalue weighted by atomic mass is 35.5. The maximum atomic E-state index is 13.1. The van der Waals surface area contributed by atoms with Crippen LogP contribution in [0.4, 0.5) is 4.39 Å². The molecule has 0 atom stereocenters. The zero-order chi connectivity index (χ0) is 11.8. The van der Waals surface area contributed by atoms with E-state index in [2.05, 4.69) is 9.97 Å². The van der Waals surface area contributed by atoms with Crippen molar-refractivity contribution < 1.29 is 4.39 Å². The Morgan fingerprint density at radius 3 is 2.94 bits per heavy atom. The summed E-state index contributed by atoms with van der Waals surface area (Å²) in [6.45, 7) is 0. The molecule has 84 valence electrons. The van der Waals surface area contributed by atoms with E-state index in [-0.39, 0.29) is 0 Å². The first-order chi connectivity index (χ1) is 8.24. The number of hydrogen-bond acceptors (Lipinski definition) is 3. The van der Waals surface area contributed by atoms with Gasteiger partial charge in [0.15, 0.2) is 0 Å². The summed E-state index contributed by atoms with van der Waals surface area (Å²) in [5.41, 5.74) is 2.44. The van der Waals surface area contributed by atoms with E-state index < -0.39 is 5.95 Å². The van der Waals surface area contributed by atoms with Crippen molar-refractivity contribution in [2.45, 2.75) is 0 Å². The van der Waals surface area contributed by atoms with Gasteiger partial charge in [-0.25, -0.2) is 9.97 Å². The van der Waals surface area contributed by atoms with Crippen molar-refractivity contribution in [1.82, 2.24) is 9.97 Å². The van der Waals surface area contributed by atoms with Gasteiger partial charge in [-0.15, -0.1) is 11.3 Å². The molecule has 0 aliphatic carbocycles. The highest BCUT2D eigenvalue weighted by molar-refractivity contribution is 7.17. The Morgan fingerprint density at radius 1 is 1.24 bits per heavy atom. The summed E-state index contributed by atoms with van der Waals surface area (Å²) < 4.78 is 14.1. The fourth-order valence-corrected chi connectivity index (χ4v) is 2.72. The van der Waals surface area contributed by atoms with Crippen LogP contribution in [0, 0.1) is 5.95 Å². The van der Waals surface area contributed by atoms with Crippen molar-refractivity contribution in [3.63, 3.8) is 0 Å². The monoisotopic (exact) mass is 264 g/mol. The van der Waals surface area contributed by atoms with Crippen LogP contribution < -0.4 is 0 Å². The Hall–Kier alpha value is -1.52. The molecule has 0 aromatic carbocycles. The van der Waals surface area contributed by atoms with E-state index in [1.54, 1.807) is 23.5 Å². The number of thiophene rings is 1. The molecule has 0 unspecified atom stereocenters. The maximum absolute atomic E-state index is 13.1. The van der Waals surface area contributed by atoms with E-state index >= 15 is 0 Å². The third kappa shape index (κ3) is 1.90. The summed E-state index contributed by atoms with van der Waals surface area (Å²) in [6, 6.07) is 6.81. The third-order valence-electron chi connectivity index (χ3n) is 2.42. The number of nitrogens with zero attached hydrogens (tertiary/aromatic N) is 2. The summed E-state index contributed by atoms with van der Waals surface area (Å²) in [6.07, 6.45) is 1.44. The minimum absolute atomic E-state index is 0.437. The van der Waals surface area contributed by atoms with Crippen LogP contribution >= 0.6 is 22.9 Å². The van der Waals surface area contributed by atoms with Gasteiger partial charge in [-0.3, -0.25) is 0 Å². The molecule has 3 aromatic heterocycles. The standard InChI is InChI=1S/C12H6ClFN2S/c13-10-2-1-9-12(16-10)8(6-17-9)7-3-4-15-11(14)5-7/h1-6H. The number of fused-ring (bicyclic) bond motifs is 1. The number of rotatable bonds is 1. The molecular formula is C12H6ClFN2S. The lowest BCUT2D eigenvalue weighted by molar-refractivity contribution is 0.584. The smallest absolute Gasteiger partial charge is 0.213 e. The predicted octanol–water partition coefficient (Wildman–Crippen LogP) is 4.15. The molecule has 0 saturated heterocycles. The van der Waals surface area contributed by atoms with Crippen molar-refractivity contribution in [3.8, 4) is 11.1 Å². The van der Waals surface area contributed by atoms with Gasteiger partial charge in [-0.1, -0.05) is 11.6 Å². The highest BCUT2D eigenvalue weighted by Gasteiger charge is 2.09. The molecule has 0 aliphatic heterocycles. The Morgan fingerprint density at radius 2 is 2.12 bits per heavy atom. The molecule has 2 nitrogen and oxygen atoms in total. The Kier molecular flexibility index (Phi) is 2.53. The lowest BCUT2D eigenvalue weighted by atomic mass is 10.1. The summed E-state index contributed by atoms with van der Waals surface area (Å²) >= 11 is 7.43. The van der Waals surface area contributed by atoms with Crippen molar-refractivity contribution in [2.75, 3.05) is 0 Å². The molecule has 0 aliphatic rings. The van der Waals surface area contributed by atoms with Crippen LogP contribution in [-0.4, -0.2) is 9.97 Å². The van der Waals surface area contributed by atoms with Crippen molar-refractivity contribution in [1.29, 1.82) is 0 Å². The second kappa shape index (κ2) is 4.05. The molecule has 3 aromatic rings. The molecule has 0 bridgehead atoms. The van der Waals surface area contributed by atoms with Crippen LogP contribution in [0.25, 0.3) is 21.3 Å². The Labute approximate surface area is 106 Å². The van der Waals surface area contributed by atoms with Gasteiger partial charge in [-0.2, -0.15) is 4.39 Å². The van der Waals surface area contributed by atoms with Gasteiger partial charge in [0.05, 0.1) is 10.2 Å². The van der Waals surface area contributed by atoms with Crippen LogP contribution in [0.5, 0.6) is 0 Å². The van der Waals surface area contributed by atoms with Crippen LogP contribution in [0.2, 0.25) is 5.15 Å². The quantitative estimate of drug-likeness (QED) is 0.617. The summed E-state index contributed by atoms with van der Waals surface area (Å²) in [5.74, 6) is -0.496. The number of pyridine rings is 2. The van der Waals surface area contributed by atoms with Crippen LogP contribution in [0.15, 0.2) is 35.8 Å². The number of halogens is 2. The van der Waals surface area contributed by atoms with Gasteiger partial charge in [-0.05, 0) is 23.8 Å². The SMILES string of the molecule is Fc1cc(-c2csc3ccc(Cl)nc23)ccn1. The molecule has 3 heterocycles. The van der Waals surface area contributed by atoms with Gasteiger partial charge in [0, 0.05) is 23.2 Å². The van der Waals surface area contributed by atoms with Crippen LogP contribution in [0.1, 0.15) is 0 Å². The van der Waals surface area contributed by atoms with Crippen molar-refractivity contribution in [2.24, 2.45) is 0 Å². The Bertz CT molecular complexity index is 696. The second-order valence-corrected chi connectivity index (χ2v) is 4.80. The van der Waals surface area contributed by atoms with Gasteiger partial charge < -0.3 is 0 Å². The van der Waals surface area contributed by atoms with Gasteiger partial charge >= 0.3 is 0 Å². The minimum Gasteiger partial charge on any atom is -0.235 e. The molecule has 0 spiro atoms. The predicted molar refractivity (Wildman–Crippen MR) is 67.8 cm³/mol. The summed E-state index contributed by atoms with van der Waals surface area (Å²) in [4.78, 5) is 7.81. The largest absolute Gasteiger partial charge is 0.235 e. The Balaban J connectivity index is 2.27. The minimum atomic E-state index is -0.496. The first-order valence-corrected chi connectivity index (χ1v) is 6.15. The molecule has 0 N–H and O–H groups in total. The normalized spacial score (nSPS) is 10.9. The van der Waals surface area contributed by atoms with E-state index in [9.17, 15) is 4.39 Å². The topological polar surface area (TPSA) is 25.8 Å². The maximum Gasteiger partial charge on any atom is 0.213 e. The number of aromatic nitrogens is 2. The fourth-order valence-electron chi connectivity index (χ4n) is 1.66. The van der Waals surface area contributed by atoms with E-state index in [0.29, 0.717) is 5.15 Å². The molecular weight excluding hydrogens is 259 g/mol. The highest BCUT2D eigenvalue weighted by Crippen LogP contribution is 2.33. The van der Waals surface area contributed by atoms with E-state index in [1.807, 2.05) is 11.4 Å². The average molecular weight is 265 g/mol. The van der Waals surface area contributed by atoms with Crippen molar-refractivity contribution >= 4 is 33.2 Å². The van der Waals surface area contributed by atoms with E-state index in [4.69, 9.17) is 11.6 Å². The average Bonchev–Trinajstić information content (AvgIpc) is 2.71.